The lowest BCUT2D eigenvalue weighted by molar-refractivity contribution is 0.687. The fourth-order valence-corrected chi connectivity index (χ4v) is 3.56. The van der Waals surface area contributed by atoms with E-state index in [2.05, 4.69) is 102 Å². The molecule has 4 heteroatoms. The van der Waals surface area contributed by atoms with Crippen LogP contribution in [0.15, 0.2) is 84.9 Å². The molecule has 4 nitrogen and oxygen atoms in total. The maximum atomic E-state index is 4.78. The van der Waals surface area contributed by atoms with Crippen LogP contribution in [0.25, 0.3) is 10.9 Å². The first-order valence-electron chi connectivity index (χ1n) is 10.4. The minimum absolute atomic E-state index is 0.856. The highest BCUT2D eigenvalue weighted by Gasteiger charge is 2.07. The Kier molecular flexibility index (Phi) is 6.26. The van der Waals surface area contributed by atoms with Gasteiger partial charge in [0.2, 0.25) is 0 Å². The predicted octanol–water partition coefficient (Wildman–Crippen LogP) is 5.38. The average Bonchev–Trinajstić information content (AvgIpc) is 2.78. The Morgan fingerprint density at radius 3 is 2.30 bits per heavy atom. The third kappa shape index (κ3) is 4.97. The standard InChI is InChI=1S/C26H28N4/c1-30(2)25-18-26(29-24-11-7-6-10-23(24)25)28-22-14-12-20(13-15-22)16-17-27-19-21-8-4-3-5-9-21/h3-15,18,27H,16-17,19H2,1-2H3,(H,28,29). The first-order valence-corrected chi connectivity index (χ1v) is 10.4. The number of anilines is 3. The second-order valence-electron chi connectivity index (χ2n) is 7.67. The van der Waals surface area contributed by atoms with Gasteiger partial charge >= 0.3 is 0 Å². The van der Waals surface area contributed by atoms with Crippen LogP contribution in [0.5, 0.6) is 0 Å². The van der Waals surface area contributed by atoms with E-state index in [-0.39, 0.29) is 0 Å². The van der Waals surface area contributed by atoms with E-state index < -0.39 is 0 Å². The van der Waals surface area contributed by atoms with Crippen molar-refractivity contribution in [2.45, 2.75) is 13.0 Å². The zero-order valence-electron chi connectivity index (χ0n) is 17.6. The normalized spacial score (nSPS) is 10.9. The van der Waals surface area contributed by atoms with Gasteiger partial charge in [-0.15, -0.1) is 0 Å². The second-order valence-corrected chi connectivity index (χ2v) is 7.67. The van der Waals surface area contributed by atoms with Crippen molar-refractivity contribution < 1.29 is 0 Å². The summed E-state index contributed by atoms with van der Waals surface area (Å²) < 4.78 is 0. The van der Waals surface area contributed by atoms with Crippen LogP contribution in [-0.2, 0) is 13.0 Å². The number of hydrogen-bond donors (Lipinski definition) is 2. The molecule has 0 spiro atoms. The fourth-order valence-electron chi connectivity index (χ4n) is 3.56. The van der Waals surface area contributed by atoms with Crippen LogP contribution in [0.4, 0.5) is 17.2 Å². The minimum Gasteiger partial charge on any atom is -0.377 e. The molecule has 0 atom stereocenters. The van der Waals surface area contributed by atoms with Gasteiger partial charge in [0.05, 0.1) is 5.52 Å². The van der Waals surface area contributed by atoms with Gasteiger partial charge in [0.15, 0.2) is 0 Å². The maximum Gasteiger partial charge on any atom is 0.133 e. The fraction of sp³-hybridized carbons (Fsp3) is 0.192. The smallest absolute Gasteiger partial charge is 0.133 e. The second kappa shape index (κ2) is 9.42. The summed E-state index contributed by atoms with van der Waals surface area (Å²) in [5.74, 6) is 0.856. The summed E-state index contributed by atoms with van der Waals surface area (Å²) in [6, 6.07) is 29.5. The van der Waals surface area contributed by atoms with E-state index in [0.717, 1.165) is 47.6 Å². The SMILES string of the molecule is CN(C)c1cc(Nc2ccc(CCNCc3ccccc3)cc2)nc2ccccc12. The lowest BCUT2D eigenvalue weighted by Gasteiger charge is -2.17. The third-order valence-electron chi connectivity index (χ3n) is 5.16. The number of nitrogens with one attached hydrogen (secondary N) is 2. The molecular formula is C26H28N4. The largest absolute Gasteiger partial charge is 0.377 e. The molecule has 0 unspecified atom stereocenters. The molecule has 0 aliphatic rings. The lowest BCUT2D eigenvalue weighted by Crippen LogP contribution is -2.16. The summed E-state index contributed by atoms with van der Waals surface area (Å²) in [5, 5.41) is 8.12. The van der Waals surface area contributed by atoms with Gasteiger partial charge in [-0.1, -0.05) is 60.7 Å². The molecule has 3 aromatic carbocycles. The van der Waals surface area contributed by atoms with Crippen LogP contribution in [-0.4, -0.2) is 25.6 Å². The van der Waals surface area contributed by atoms with Crippen molar-refractivity contribution in [3.8, 4) is 0 Å². The van der Waals surface area contributed by atoms with Gasteiger partial charge in [0.25, 0.3) is 0 Å². The lowest BCUT2D eigenvalue weighted by atomic mass is 10.1. The van der Waals surface area contributed by atoms with Crippen molar-refractivity contribution in [3.63, 3.8) is 0 Å². The van der Waals surface area contributed by atoms with E-state index in [9.17, 15) is 0 Å². The zero-order chi connectivity index (χ0) is 20.8. The van der Waals surface area contributed by atoms with E-state index >= 15 is 0 Å². The Morgan fingerprint density at radius 2 is 1.53 bits per heavy atom. The quantitative estimate of drug-likeness (QED) is 0.393. The number of nitrogens with zero attached hydrogens (tertiary/aromatic N) is 2. The van der Waals surface area contributed by atoms with Crippen molar-refractivity contribution in [3.05, 3.63) is 96.1 Å². The monoisotopic (exact) mass is 396 g/mol. The number of fused-ring (bicyclic) bond motifs is 1. The molecule has 4 aromatic rings. The first kappa shape index (κ1) is 19.9. The summed E-state index contributed by atoms with van der Waals surface area (Å²) in [7, 11) is 4.12. The Labute approximate surface area is 178 Å². The van der Waals surface area contributed by atoms with Gasteiger partial charge in [0, 0.05) is 43.5 Å². The van der Waals surface area contributed by atoms with Gasteiger partial charge in [-0.05, 0) is 42.3 Å². The molecule has 0 bridgehead atoms. The zero-order valence-corrected chi connectivity index (χ0v) is 17.6. The van der Waals surface area contributed by atoms with E-state index in [1.165, 1.54) is 11.1 Å². The van der Waals surface area contributed by atoms with Crippen molar-refractivity contribution in [1.82, 2.24) is 10.3 Å². The number of hydrogen-bond acceptors (Lipinski definition) is 4. The highest BCUT2D eigenvalue weighted by atomic mass is 15.1. The molecule has 0 aliphatic heterocycles. The highest BCUT2D eigenvalue weighted by Crippen LogP contribution is 2.28. The van der Waals surface area contributed by atoms with E-state index in [1.807, 2.05) is 12.1 Å². The van der Waals surface area contributed by atoms with E-state index in [4.69, 9.17) is 4.98 Å². The average molecular weight is 397 g/mol. The topological polar surface area (TPSA) is 40.2 Å². The predicted molar refractivity (Wildman–Crippen MR) is 128 cm³/mol. The minimum atomic E-state index is 0.856. The van der Waals surface area contributed by atoms with Crippen LogP contribution < -0.4 is 15.5 Å². The Morgan fingerprint density at radius 1 is 0.800 bits per heavy atom. The van der Waals surface area contributed by atoms with Gasteiger partial charge in [-0.2, -0.15) is 0 Å². The molecule has 0 fully saturated rings. The molecule has 1 heterocycles. The van der Waals surface area contributed by atoms with Gasteiger partial charge in [-0.25, -0.2) is 4.98 Å². The van der Waals surface area contributed by atoms with Gasteiger partial charge in [0.1, 0.15) is 5.82 Å². The molecule has 1 aromatic heterocycles. The number of rotatable bonds is 8. The Balaban J connectivity index is 1.37. The molecule has 152 valence electrons. The highest BCUT2D eigenvalue weighted by molar-refractivity contribution is 5.93. The number of benzene rings is 3. The molecule has 0 aliphatic carbocycles. The van der Waals surface area contributed by atoms with Crippen LogP contribution >= 0.6 is 0 Å². The molecule has 0 radical (unpaired) electrons. The molecular weight excluding hydrogens is 368 g/mol. The summed E-state index contributed by atoms with van der Waals surface area (Å²) in [6.45, 7) is 1.86. The van der Waals surface area contributed by atoms with Crippen molar-refractivity contribution in [2.75, 3.05) is 30.9 Å². The molecule has 4 rings (SSSR count). The Hall–Kier alpha value is -3.37. The molecule has 0 saturated heterocycles. The third-order valence-corrected chi connectivity index (χ3v) is 5.16. The van der Waals surface area contributed by atoms with Crippen molar-refractivity contribution in [1.29, 1.82) is 0 Å². The number of para-hydroxylation sites is 1. The molecule has 0 saturated carbocycles. The van der Waals surface area contributed by atoms with Gasteiger partial charge in [-0.3, -0.25) is 0 Å². The van der Waals surface area contributed by atoms with Crippen LogP contribution in [0, 0.1) is 0 Å². The van der Waals surface area contributed by atoms with Crippen molar-refractivity contribution in [2.24, 2.45) is 0 Å². The van der Waals surface area contributed by atoms with Crippen LogP contribution in [0.1, 0.15) is 11.1 Å². The van der Waals surface area contributed by atoms with Gasteiger partial charge < -0.3 is 15.5 Å². The summed E-state index contributed by atoms with van der Waals surface area (Å²) in [6.07, 6.45) is 1.01. The summed E-state index contributed by atoms with van der Waals surface area (Å²) >= 11 is 0. The molecule has 0 amide bonds. The maximum absolute atomic E-state index is 4.78. The van der Waals surface area contributed by atoms with Crippen LogP contribution in [0.3, 0.4) is 0 Å². The summed E-state index contributed by atoms with van der Waals surface area (Å²) in [4.78, 5) is 6.90. The summed E-state index contributed by atoms with van der Waals surface area (Å²) in [5.41, 5.74) is 5.83. The molecule has 2 N–H and O–H groups in total. The molecule has 30 heavy (non-hydrogen) atoms. The number of aromatic nitrogens is 1. The van der Waals surface area contributed by atoms with Crippen LogP contribution in [0.2, 0.25) is 0 Å². The van der Waals surface area contributed by atoms with Crippen molar-refractivity contribution >= 4 is 28.1 Å². The van der Waals surface area contributed by atoms with E-state index in [1.54, 1.807) is 0 Å². The van der Waals surface area contributed by atoms with E-state index in [0.29, 0.717) is 0 Å². The number of pyridine rings is 1. The Bertz CT molecular complexity index is 1090. The first-order chi connectivity index (χ1) is 14.7.